The summed E-state index contributed by atoms with van der Waals surface area (Å²) in [6, 6.07) is 5.58. The predicted octanol–water partition coefficient (Wildman–Crippen LogP) is 4.11. The molecule has 4 heteroatoms. The summed E-state index contributed by atoms with van der Waals surface area (Å²) in [6.07, 6.45) is 9.16. The highest BCUT2D eigenvalue weighted by Crippen LogP contribution is 2.27. The molecule has 0 radical (unpaired) electrons. The van der Waals surface area contributed by atoms with Crippen LogP contribution in [0.1, 0.15) is 57.4 Å². The van der Waals surface area contributed by atoms with Gasteiger partial charge < -0.3 is 14.8 Å². The minimum atomic E-state index is 0.0585. The number of carbonyl (C=O) groups excluding carboxylic acids is 1. The standard InChI is InChI=1S/C19H31NO3/c1-4-5-6-7-8-9-10-13-20-19(21)15-16-11-12-17(22-2)18(14-16)23-3/h11-12,14H,4-10,13,15H2,1-3H3,(H,20,21). The summed E-state index contributed by atoms with van der Waals surface area (Å²) in [4.78, 5) is 12.0. The summed E-state index contributed by atoms with van der Waals surface area (Å²) < 4.78 is 10.5. The third-order valence-corrected chi connectivity index (χ3v) is 3.92. The van der Waals surface area contributed by atoms with Gasteiger partial charge in [-0.3, -0.25) is 4.79 Å². The molecule has 0 atom stereocenters. The topological polar surface area (TPSA) is 47.6 Å². The van der Waals surface area contributed by atoms with Crippen LogP contribution in [0.25, 0.3) is 0 Å². The number of nitrogens with one attached hydrogen (secondary N) is 1. The smallest absolute Gasteiger partial charge is 0.224 e. The summed E-state index contributed by atoms with van der Waals surface area (Å²) in [5, 5.41) is 2.99. The first kappa shape index (κ1) is 19.3. The molecule has 0 aromatic heterocycles. The molecule has 0 aliphatic rings. The van der Waals surface area contributed by atoms with Gasteiger partial charge in [0.2, 0.25) is 5.91 Å². The van der Waals surface area contributed by atoms with Gasteiger partial charge in [-0.25, -0.2) is 0 Å². The molecule has 0 unspecified atom stereocenters. The van der Waals surface area contributed by atoms with Crippen LogP contribution in [0.15, 0.2) is 18.2 Å². The lowest BCUT2D eigenvalue weighted by Gasteiger charge is -2.10. The van der Waals surface area contributed by atoms with Gasteiger partial charge in [0.05, 0.1) is 20.6 Å². The van der Waals surface area contributed by atoms with Gasteiger partial charge in [0.15, 0.2) is 11.5 Å². The molecule has 1 N–H and O–H groups in total. The van der Waals surface area contributed by atoms with Crippen molar-refractivity contribution in [2.75, 3.05) is 20.8 Å². The van der Waals surface area contributed by atoms with Gasteiger partial charge in [-0.2, -0.15) is 0 Å². The van der Waals surface area contributed by atoms with Crippen LogP contribution in [0.2, 0.25) is 0 Å². The second kappa shape index (κ2) is 11.8. The largest absolute Gasteiger partial charge is 0.493 e. The van der Waals surface area contributed by atoms with Crippen LogP contribution in [-0.2, 0) is 11.2 Å². The van der Waals surface area contributed by atoms with Crippen molar-refractivity contribution in [3.63, 3.8) is 0 Å². The third kappa shape index (κ3) is 7.91. The maximum Gasteiger partial charge on any atom is 0.224 e. The minimum absolute atomic E-state index is 0.0585. The zero-order valence-electron chi connectivity index (χ0n) is 14.8. The number of carbonyl (C=O) groups is 1. The average molecular weight is 321 g/mol. The molecule has 0 heterocycles. The number of rotatable bonds is 12. The van der Waals surface area contributed by atoms with E-state index < -0.39 is 0 Å². The van der Waals surface area contributed by atoms with E-state index in [-0.39, 0.29) is 5.91 Å². The quantitative estimate of drug-likeness (QED) is 0.589. The fourth-order valence-corrected chi connectivity index (χ4v) is 2.55. The van der Waals surface area contributed by atoms with Gasteiger partial charge in [-0.15, -0.1) is 0 Å². The lowest BCUT2D eigenvalue weighted by Crippen LogP contribution is -2.26. The summed E-state index contributed by atoms with van der Waals surface area (Å²) in [7, 11) is 3.20. The second-order valence-electron chi connectivity index (χ2n) is 5.84. The van der Waals surface area contributed by atoms with Crippen molar-refractivity contribution < 1.29 is 14.3 Å². The van der Waals surface area contributed by atoms with Gasteiger partial charge in [-0.05, 0) is 24.1 Å². The van der Waals surface area contributed by atoms with E-state index in [1.165, 1.54) is 38.5 Å². The van der Waals surface area contributed by atoms with Crippen LogP contribution in [0, 0.1) is 0 Å². The maximum atomic E-state index is 12.0. The van der Waals surface area contributed by atoms with Crippen molar-refractivity contribution in [2.24, 2.45) is 0 Å². The molecule has 130 valence electrons. The fourth-order valence-electron chi connectivity index (χ4n) is 2.55. The van der Waals surface area contributed by atoms with Gasteiger partial charge in [-0.1, -0.05) is 51.5 Å². The molecule has 23 heavy (non-hydrogen) atoms. The summed E-state index contributed by atoms with van der Waals surface area (Å²) in [5.74, 6) is 1.40. The Hall–Kier alpha value is -1.71. The molecule has 0 bridgehead atoms. The molecular weight excluding hydrogens is 290 g/mol. The van der Waals surface area contributed by atoms with E-state index in [1.807, 2.05) is 18.2 Å². The molecule has 0 fully saturated rings. The normalized spacial score (nSPS) is 10.4. The van der Waals surface area contributed by atoms with E-state index in [2.05, 4.69) is 12.2 Å². The van der Waals surface area contributed by atoms with Crippen LogP contribution < -0.4 is 14.8 Å². The van der Waals surface area contributed by atoms with Gasteiger partial charge >= 0.3 is 0 Å². The van der Waals surface area contributed by atoms with E-state index in [0.717, 1.165) is 18.5 Å². The third-order valence-electron chi connectivity index (χ3n) is 3.92. The van der Waals surface area contributed by atoms with Crippen LogP contribution in [-0.4, -0.2) is 26.7 Å². The van der Waals surface area contributed by atoms with E-state index in [0.29, 0.717) is 17.9 Å². The first-order chi connectivity index (χ1) is 11.2. The molecule has 1 amide bonds. The van der Waals surface area contributed by atoms with Crippen molar-refractivity contribution in [2.45, 2.75) is 58.3 Å². The van der Waals surface area contributed by atoms with Crippen molar-refractivity contribution in [1.29, 1.82) is 0 Å². The number of hydrogen-bond donors (Lipinski definition) is 1. The van der Waals surface area contributed by atoms with E-state index in [9.17, 15) is 4.79 Å². The minimum Gasteiger partial charge on any atom is -0.493 e. The Morgan fingerprint density at radius 2 is 1.61 bits per heavy atom. The van der Waals surface area contributed by atoms with Crippen molar-refractivity contribution >= 4 is 5.91 Å². The highest BCUT2D eigenvalue weighted by molar-refractivity contribution is 5.78. The van der Waals surface area contributed by atoms with Crippen LogP contribution >= 0.6 is 0 Å². The average Bonchev–Trinajstić information content (AvgIpc) is 2.57. The Morgan fingerprint density at radius 3 is 2.26 bits per heavy atom. The van der Waals surface area contributed by atoms with Crippen LogP contribution in [0.4, 0.5) is 0 Å². The Labute approximate surface area is 140 Å². The van der Waals surface area contributed by atoms with Crippen molar-refractivity contribution in [3.05, 3.63) is 23.8 Å². The van der Waals surface area contributed by atoms with E-state index >= 15 is 0 Å². The summed E-state index contributed by atoms with van der Waals surface area (Å²) in [6.45, 7) is 2.99. The molecule has 0 aliphatic heterocycles. The van der Waals surface area contributed by atoms with Gasteiger partial charge in [0.1, 0.15) is 0 Å². The van der Waals surface area contributed by atoms with Gasteiger partial charge in [0.25, 0.3) is 0 Å². The molecule has 1 aromatic rings. The number of unbranched alkanes of at least 4 members (excludes halogenated alkanes) is 6. The molecule has 0 aliphatic carbocycles. The zero-order chi connectivity index (χ0) is 16.9. The molecule has 0 spiro atoms. The monoisotopic (exact) mass is 321 g/mol. The molecule has 0 saturated carbocycles. The highest BCUT2D eigenvalue weighted by atomic mass is 16.5. The first-order valence-corrected chi connectivity index (χ1v) is 8.68. The van der Waals surface area contributed by atoms with Crippen LogP contribution in [0.3, 0.4) is 0 Å². The Kier molecular flexibility index (Phi) is 9.92. The van der Waals surface area contributed by atoms with Crippen LogP contribution in [0.5, 0.6) is 11.5 Å². The fraction of sp³-hybridized carbons (Fsp3) is 0.632. The lowest BCUT2D eigenvalue weighted by atomic mass is 10.1. The number of hydrogen-bond acceptors (Lipinski definition) is 3. The molecule has 0 saturated heterocycles. The number of amides is 1. The molecule has 1 rings (SSSR count). The molecular formula is C19H31NO3. The van der Waals surface area contributed by atoms with Crippen molar-refractivity contribution in [1.82, 2.24) is 5.32 Å². The lowest BCUT2D eigenvalue weighted by molar-refractivity contribution is -0.120. The Morgan fingerprint density at radius 1 is 0.957 bits per heavy atom. The predicted molar refractivity (Wildman–Crippen MR) is 94.3 cm³/mol. The summed E-state index contributed by atoms with van der Waals surface area (Å²) in [5.41, 5.74) is 0.930. The molecule has 1 aromatic carbocycles. The van der Waals surface area contributed by atoms with Gasteiger partial charge in [0, 0.05) is 6.54 Å². The number of ether oxygens (including phenoxy) is 2. The second-order valence-corrected chi connectivity index (χ2v) is 5.84. The van der Waals surface area contributed by atoms with E-state index in [1.54, 1.807) is 14.2 Å². The Balaban J connectivity index is 2.21. The van der Waals surface area contributed by atoms with Crippen molar-refractivity contribution in [3.8, 4) is 11.5 Å². The highest BCUT2D eigenvalue weighted by Gasteiger charge is 2.08. The number of benzene rings is 1. The Bertz CT molecular complexity index is 460. The first-order valence-electron chi connectivity index (χ1n) is 8.68. The SMILES string of the molecule is CCCCCCCCCNC(=O)Cc1ccc(OC)c(OC)c1. The molecule has 4 nitrogen and oxygen atoms in total. The number of methoxy groups -OCH3 is 2. The maximum absolute atomic E-state index is 12.0. The zero-order valence-corrected chi connectivity index (χ0v) is 14.8. The summed E-state index contributed by atoms with van der Waals surface area (Å²) >= 11 is 0. The van der Waals surface area contributed by atoms with E-state index in [4.69, 9.17) is 9.47 Å².